The highest BCUT2D eigenvalue weighted by molar-refractivity contribution is 7.98. The van der Waals surface area contributed by atoms with Crippen LogP contribution in [-0.2, 0) is 11.2 Å². The van der Waals surface area contributed by atoms with Gasteiger partial charge in [0.2, 0.25) is 5.91 Å². The summed E-state index contributed by atoms with van der Waals surface area (Å²) in [5, 5.41) is 2.96. The zero-order chi connectivity index (χ0) is 13.4. The summed E-state index contributed by atoms with van der Waals surface area (Å²) < 4.78 is 0. The summed E-state index contributed by atoms with van der Waals surface area (Å²) in [6.07, 6.45) is 3.63. The maximum Gasteiger partial charge on any atom is 0.237 e. The highest BCUT2D eigenvalue weighted by atomic mass is 32.2. The number of carbonyl (C=O) groups is 1. The van der Waals surface area contributed by atoms with Crippen molar-refractivity contribution in [2.24, 2.45) is 5.73 Å². The van der Waals surface area contributed by atoms with Crippen LogP contribution in [0.5, 0.6) is 0 Å². The van der Waals surface area contributed by atoms with E-state index in [4.69, 9.17) is 5.73 Å². The van der Waals surface area contributed by atoms with Gasteiger partial charge < -0.3 is 11.1 Å². The van der Waals surface area contributed by atoms with Crippen LogP contribution in [0, 0.1) is 0 Å². The number of benzene rings is 1. The third-order valence-electron chi connectivity index (χ3n) is 2.78. The molecule has 0 aliphatic carbocycles. The second-order valence-electron chi connectivity index (χ2n) is 4.49. The van der Waals surface area contributed by atoms with E-state index in [0.717, 1.165) is 17.7 Å². The Morgan fingerprint density at radius 3 is 2.67 bits per heavy atom. The van der Waals surface area contributed by atoms with Crippen molar-refractivity contribution in [3.8, 4) is 0 Å². The molecule has 1 rings (SSSR count). The van der Waals surface area contributed by atoms with E-state index < -0.39 is 6.04 Å². The van der Waals surface area contributed by atoms with Crippen LogP contribution in [0.1, 0.15) is 18.9 Å². The number of carbonyl (C=O) groups excluding carboxylic acids is 1. The molecule has 3 nitrogen and oxygen atoms in total. The molecule has 0 heterocycles. The molecule has 4 heteroatoms. The first-order valence-electron chi connectivity index (χ1n) is 6.22. The quantitative estimate of drug-likeness (QED) is 0.791. The molecule has 0 radical (unpaired) electrons. The Kier molecular flexibility index (Phi) is 6.83. The molecule has 0 saturated carbocycles. The standard InChI is InChI=1S/C14H22N2OS/c1-11(8-9-18-2)16-14(17)13(15)10-12-6-4-3-5-7-12/h3-7,11,13H,8-10,15H2,1-2H3,(H,16,17)/t11?,13-/m0/s1. The van der Waals surface area contributed by atoms with Gasteiger partial charge in [0.05, 0.1) is 6.04 Å². The zero-order valence-electron chi connectivity index (χ0n) is 11.1. The fourth-order valence-electron chi connectivity index (χ4n) is 1.68. The summed E-state index contributed by atoms with van der Waals surface area (Å²) in [5.74, 6) is 0.988. The Bertz CT molecular complexity index is 356. The molecule has 0 bridgehead atoms. The van der Waals surface area contributed by atoms with E-state index in [1.807, 2.05) is 37.3 Å². The first kappa shape index (κ1) is 15.1. The maximum absolute atomic E-state index is 11.9. The summed E-state index contributed by atoms with van der Waals surface area (Å²) in [7, 11) is 0. The van der Waals surface area contributed by atoms with Crippen molar-refractivity contribution in [2.75, 3.05) is 12.0 Å². The number of nitrogens with two attached hydrogens (primary N) is 1. The Hall–Kier alpha value is -1.00. The molecule has 1 aromatic carbocycles. The van der Waals surface area contributed by atoms with Gasteiger partial charge in [0.25, 0.3) is 0 Å². The van der Waals surface area contributed by atoms with Crippen LogP contribution in [0.15, 0.2) is 30.3 Å². The van der Waals surface area contributed by atoms with Gasteiger partial charge in [-0.3, -0.25) is 4.79 Å². The lowest BCUT2D eigenvalue weighted by atomic mass is 10.1. The Morgan fingerprint density at radius 2 is 2.06 bits per heavy atom. The van der Waals surface area contributed by atoms with E-state index in [1.54, 1.807) is 11.8 Å². The number of nitrogens with one attached hydrogen (secondary N) is 1. The van der Waals surface area contributed by atoms with Gasteiger partial charge in [0, 0.05) is 6.04 Å². The predicted molar refractivity (Wildman–Crippen MR) is 78.7 cm³/mol. The second-order valence-corrected chi connectivity index (χ2v) is 5.47. The van der Waals surface area contributed by atoms with Crippen molar-refractivity contribution in [1.29, 1.82) is 0 Å². The first-order valence-corrected chi connectivity index (χ1v) is 7.61. The summed E-state index contributed by atoms with van der Waals surface area (Å²) >= 11 is 1.79. The summed E-state index contributed by atoms with van der Waals surface area (Å²) in [4.78, 5) is 11.9. The largest absolute Gasteiger partial charge is 0.352 e. The van der Waals surface area contributed by atoms with Crippen LogP contribution in [0.3, 0.4) is 0 Å². The number of hydrogen-bond donors (Lipinski definition) is 2. The molecule has 0 fully saturated rings. The molecule has 3 N–H and O–H groups in total. The fourth-order valence-corrected chi connectivity index (χ4v) is 2.27. The molecule has 1 aromatic rings. The van der Waals surface area contributed by atoms with Gasteiger partial charge >= 0.3 is 0 Å². The first-order chi connectivity index (χ1) is 8.63. The molecule has 0 aromatic heterocycles. The molecule has 2 atom stereocenters. The Labute approximate surface area is 114 Å². The zero-order valence-corrected chi connectivity index (χ0v) is 11.9. The molecule has 0 aliphatic rings. The highest BCUT2D eigenvalue weighted by Crippen LogP contribution is 2.03. The van der Waals surface area contributed by atoms with E-state index in [9.17, 15) is 4.79 Å². The molecule has 100 valence electrons. The van der Waals surface area contributed by atoms with Gasteiger partial charge in [-0.15, -0.1) is 0 Å². The minimum absolute atomic E-state index is 0.0625. The van der Waals surface area contributed by atoms with Crippen LogP contribution in [-0.4, -0.2) is 30.0 Å². The SMILES string of the molecule is CSCCC(C)NC(=O)[C@@H](N)Cc1ccccc1. The second kappa shape index (κ2) is 8.16. The van der Waals surface area contributed by atoms with Crippen LogP contribution in [0.4, 0.5) is 0 Å². The third kappa shape index (κ3) is 5.56. The van der Waals surface area contributed by atoms with Gasteiger partial charge in [-0.2, -0.15) is 11.8 Å². The van der Waals surface area contributed by atoms with Gasteiger partial charge in [-0.05, 0) is 37.3 Å². The van der Waals surface area contributed by atoms with E-state index in [2.05, 4.69) is 11.6 Å². The lowest BCUT2D eigenvalue weighted by Crippen LogP contribution is -2.45. The Morgan fingerprint density at radius 1 is 1.39 bits per heavy atom. The van der Waals surface area contributed by atoms with E-state index in [0.29, 0.717) is 6.42 Å². The molecular formula is C14H22N2OS. The van der Waals surface area contributed by atoms with Crippen LogP contribution >= 0.6 is 11.8 Å². The van der Waals surface area contributed by atoms with Crippen molar-refractivity contribution in [2.45, 2.75) is 31.8 Å². The molecule has 18 heavy (non-hydrogen) atoms. The van der Waals surface area contributed by atoms with Crippen LogP contribution < -0.4 is 11.1 Å². The van der Waals surface area contributed by atoms with Gasteiger partial charge in [0.1, 0.15) is 0 Å². The Balaban J connectivity index is 2.37. The number of amides is 1. The molecule has 1 amide bonds. The topological polar surface area (TPSA) is 55.1 Å². The lowest BCUT2D eigenvalue weighted by molar-refractivity contribution is -0.122. The van der Waals surface area contributed by atoms with Gasteiger partial charge in [-0.25, -0.2) is 0 Å². The molecule has 0 spiro atoms. The van der Waals surface area contributed by atoms with E-state index in [1.165, 1.54) is 0 Å². The number of rotatable bonds is 7. The summed E-state index contributed by atoms with van der Waals surface area (Å²) in [6.45, 7) is 2.02. The lowest BCUT2D eigenvalue weighted by Gasteiger charge is -2.17. The summed E-state index contributed by atoms with van der Waals surface area (Å²) in [5.41, 5.74) is 7.00. The number of hydrogen-bond acceptors (Lipinski definition) is 3. The predicted octanol–water partition coefficient (Wildman–Crippen LogP) is 1.81. The maximum atomic E-state index is 11.9. The van der Waals surface area contributed by atoms with Crippen molar-refractivity contribution < 1.29 is 4.79 Å². The fraction of sp³-hybridized carbons (Fsp3) is 0.500. The monoisotopic (exact) mass is 266 g/mol. The van der Waals surface area contributed by atoms with Crippen molar-refractivity contribution in [3.05, 3.63) is 35.9 Å². The minimum atomic E-state index is -0.468. The van der Waals surface area contributed by atoms with Crippen molar-refractivity contribution in [1.82, 2.24) is 5.32 Å². The molecule has 1 unspecified atom stereocenters. The van der Waals surface area contributed by atoms with Crippen molar-refractivity contribution >= 4 is 17.7 Å². The summed E-state index contributed by atoms with van der Waals surface area (Å²) in [6, 6.07) is 9.58. The van der Waals surface area contributed by atoms with Gasteiger partial charge in [-0.1, -0.05) is 30.3 Å². The molecule has 0 aliphatic heterocycles. The average Bonchev–Trinajstić information content (AvgIpc) is 2.37. The third-order valence-corrected chi connectivity index (χ3v) is 3.42. The average molecular weight is 266 g/mol. The molecule has 0 saturated heterocycles. The number of thioether (sulfide) groups is 1. The van der Waals surface area contributed by atoms with Gasteiger partial charge in [0.15, 0.2) is 0 Å². The minimum Gasteiger partial charge on any atom is -0.352 e. The molecular weight excluding hydrogens is 244 g/mol. The van der Waals surface area contributed by atoms with Crippen molar-refractivity contribution in [3.63, 3.8) is 0 Å². The normalized spacial score (nSPS) is 13.9. The van der Waals surface area contributed by atoms with Crippen LogP contribution in [0.2, 0.25) is 0 Å². The van der Waals surface area contributed by atoms with E-state index in [-0.39, 0.29) is 11.9 Å². The smallest absolute Gasteiger partial charge is 0.237 e. The van der Waals surface area contributed by atoms with E-state index >= 15 is 0 Å². The highest BCUT2D eigenvalue weighted by Gasteiger charge is 2.15. The van der Waals surface area contributed by atoms with Crippen LogP contribution in [0.25, 0.3) is 0 Å².